The molecule has 0 saturated heterocycles. The number of H-pyrrole nitrogens is 1. The zero-order valence-electron chi connectivity index (χ0n) is 15.0. The molecule has 1 N–H and O–H groups in total. The van der Waals surface area contributed by atoms with Gasteiger partial charge >= 0.3 is 0 Å². The summed E-state index contributed by atoms with van der Waals surface area (Å²) in [6.45, 7) is 0. The maximum Gasteiger partial charge on any atom is 0.123 e. The molecule has 0 aliphatic rings. The Balaban J connectivity index is 1.76. The Morgan fingerprint density at radius 3 is 2.21 bits per heavy atom. The minimum Gasteiger partial charge on any atom is -0.354 e. The van der Waals surface area contributed by atoms with E-state index in [1.165, 1.54) is 17.0 Å². The van der Waals surface area contributed by atoms with Crippen molar-refractivity contribution in [3.63, 3.8) is 0 Å². The molecule has 4 aromatic rings. The van der Waals surface area contributed by atoms with Crippen LogP contribution in [0.25, 0.3) is 33.6 Å². The second kappa shape index (κ2) is 8.76. The van der Waals surface area contributed by atoms with Crippen molar-refractivity contribution in [2.24, 2.45) is 0 Å². The van der Waals surface area contributed by atoms with Crippen molar-refractivity contribution < 1.29 is 4.39 Å². The Labute approximate surface area is 176 Å². The fourth-order valence-electron chi connectivity index (χ4n) is 3.10. The van der Waals surface area contributed by atoms with Crippen molar-refractivity contribution in [3.8, 4) is 33.6 Å². The van der Waals surface area contributed by atoms with Crippen LogP contribution in [0, 0.1) is 5.82 Å². The van der Waals surface area contributed by atoms with E-state index in [0.717, 1.165) is 44.7 Å². The standard InChI is InChI=1S/C23H18BrFN2S/c24-11-14-28-20-7-3-17(4-8-20)22-15-21(16-9-12-26-13-10-16)23(27-22)18-1-5-19(25)6-2-18/h1-10,12-13,15,27H,11,14H2. The Morgan fingerprint density at radius 1 is 0.857 bits per heavy atom. The maximum absolute atomic E-state index is 13.4. The molecule has 0 unspecified atom stereocenters. The maximum atomic E-state index is 13.4. The lowest BCUT2D eigenvalue weighted by atomic mass is 10.0. The molecule has 0 amide bonds. The third-order valence-corrected chi connectivity index (χ3v) is 6.39. The molecular formula is C23H18BrFN2S. The van der Waals surface area contributed by atoms with E-state index in [4.69, 9.17) is 0 Å². The Morgan fingerprint density at radius 2 is 1.54 bits per heavy atom. The number of nitrogens with zero attached hydrogens (tertiary/aromatic N) is 1. The lowest BCUT2D eigenvalue weighted by Gasteiger charge is -2.04. The van der Waals surface area contributed by atoms with Gasteiger partial charge in [0.2, 0.25) is 0 Å². The van der Waals surface area contributed by atoms with E-state index < -0.39 is 0 Å². The van der Waals surface area contributed by atoms with Gasteiger partial charge in [-0.15, -0.1) is 11.8 Å². The highest BCUT2D eigenvalue weighted by Gasteiger charge is 2.13. The van der Waals surface area contributed by atoms with Gasteiger partial charge in [-0.2, -0.15) is 0 Å². The van der Waals surface area contributed by atoms with Crippen LogP contribution in [0.4, 0.5) is 4.39 Å². The zero-order valence-corrected chi connectivity index (χ0v) is 17.4. The average molecular weight is 453 g/mol. The van der Waals surface area contributed by atoms with Gasteiger partial charge in [-0.05, 0) is 71.3 Å². The van der Waals surface area contributed by atoms with Crippen molar-refractivity contribution in [2.75, 3.05) is 11.1 Å². The summed E-state index contributed by atoms with van der Waals surface area (Å²) in [6.07, 6.45) is 3.57. The van der Waals surface area contributed by atoms with E-state index in [9.17, 15) is 4.39 Å². The molecule has 140 valence electrons. The van der Waals surface area contributed by atoms with Crippen molar-refractivity contribution in [3.05, 3.63) is 84.9 Å². The van der Waals surface area contributed by atoms with E-state index >= 15 is 0 Å². The number of hydrogen-bond donors (Lipinski definition) is 1. The largest absolute Gasteiger partial charge is 0.354 e. The average Bonchev–Trinajstić information content (AvgIpc) is 3.19. The Hall–Kier alpha value is -2.37. The topological polar surface area (TPSA) is 28.7 Å². The summed E-state index contributed by atoms with van der Waals surface area (Å²) in [7, 11) is 0. The molecule has 0 spiro atoms. The van der Waals surface area contributed by atoms with Crippen LogP contribution in [-0.4, -0.2) is 21.1 Å². The second-order valence-electron chi connectivity index (χ2n) is 6.28. The Kier molecular flexibility index (Phi) is 5.93. The van der Waals surface area contributed by atoms with Crippen LogP contribution in [0.1, 0.15) is 0 Å². The number of hydrogen-bond acceptors (Lipinski definition) is 2. The van der Waals surface area contributed by atoms with E-state index in [0.29, 0.717) is 0 Å². The number of rotatable bonds is 6. The number of thioether (sulfide) groups is 1. The summed E-state index contributed by atoms with van der Waals surface area (Å²) >= 11 is 5.29. The summed E-state index contributed by atoms with van der Waals surface area (Å²) < 4.78 is 13.4. The van der Waals surface area contributed by atoms with E-state index in [2.05, 4.69) is 56.2 Å². The van der Waals surface area contributed by atoms with Crippen LogP contribution in [0.2, 0.25) is 0 Å². The van der Waals surface area contributed by atoms with Gasteiger partial charge in [0.1, 0.15) is 5.82 Å². The molecular weight excluding hydrogens is 435 g/mol. The molecule has 0 bridgehead atoms. The van der Waals surface area contributed by atoms with Gasteiger partial charge in [-0.1, -0.05) is 28.1 Å². The lowest BCUT2D eigenvalue weighted by molar-refractivity contribution is 0.628. The fraction of sp³-hybridized carbons (Fsp3) is 0.0870. The smallest absolute Gasteiger partial charge is 0.123 e. The summed E-state index contributed by atoms with van der Waals surface area (Å²) in [5.74, 6) is 0.806. The summed E-state index contributed by atoms with van der Waals surface area (Å²) in [5.41, 5.74) is 6.21. The van der Waals surface area contributed by atoms with Crippen molar-refractivity contribution >= 4 is 27.7 Å². The molecule has 0 saturated carbocycles. The minimum absolute atomic E-state index is 0.238. The second-order valence-corrected chi connectivity index (χ2v) is 8.24. The molecule has 4 rings (SSSR count). The molecule has 0 fully saturated rings. The van der Waals surface area contributed by atoms with Gasteiger partial charge in [-0.25, -0.2) is 4.39 Å². The summed E-state index contributed by atoms with van der Waals surface area (Å²) in [5, 5.41) is 0.979. The number of pyridine rings is 1. The molecule has 2 nitrogen and oxygen atoms in total. The number of nitrogens with one attached hydrogen (secondary N) is 1. The van der Waals surface area contributed by atoms with Crippen LogP contribution < -0.4 is 0 Å². The van der Waals surface area contributed by atoms with Crippen molar-refractivity contribution in [1.82, 2.24) is 9.97 Å². The first kappa shape index (κ1) is 19.0. The molecule has 5 heteroatoms. The van der Waals surface area contributed by atoms with Gasteiger partial charge in [0.25, 0.3) is 0 Å². The van der Waals surface area contributed by atoms with Crippen molar-refractivity contribution in [2.45, 2.75) is 4.90 Å². The number of aromatic amines is 1. The van der Waals surface area contributed by atoms with Crippen LogP contribution in [0.15, 0.2) is 84.0 Å². The summed E-state index contributed by atoms with van der Waals surface area (Å²) in [6, 6.07) is 21.3. The summed E-state index contributed by atoms with van der Waals surface area (Å²) in [4.78, 5) is 8.91. The van der Waals surface area contributed by atoms with Crippen LogP contribution in [0.3, 0.4) is 0 Å². The molecule has 2 aromatic carbocycles. The monoisotopic (exact) mass is 452 g/mol. The predicted molar refractivity (Wildman–Crippen MR) is 119 cm³/mol. The lowest BCUT2D eigenvalue weighted by Crippen LogP contribution is -1.84. The fourth-order valence-corrected chi connectivity index (χ4v) is 4.23. The highest BCUT2D eigenvalue weighted by Crippen LogP contribution is 2.36. The predicted octanol–water partition coefficient (Wildman–Crippen LogP) is 7.04. The molecule has 0 aliphatic carbocycles. The zero-order chi connectivity index (χ0) is 19.3. The SMILES string of the molecule is Fc1ccc(-c2[nH]c(-c3ccc(SCCBr)cc3)cc2-c2ccncc2)cc1. The highest BCUT2D eigenvalue weighted by molar-refractivity contribution is 9.09. The van der Waals surface area contributed by atoms with Gasteiger partial charge in [0, 0.05) is 39.6 Å². The van der Waals surface area contributed by atoms with Crippen LogP contribution in [0.5, 0.6) is 0 Å². The number of aromatic nitrogens is 2. The van der Waals surface area contributed by atoms with Gasteiger partial charge in [0.05, 0.1) is 5.69 Å². The number of alkyl halides is 1. The third kappa shape index (κ3) is 4.21. The first-order chi connectivity index (χ1) is 13.7. The molecule has 2 aromatic heterocycles. The first-order valence-electron chi connectivity index (χ1n) is 8.93. The van der Waals surface area contributed by atoms with E-state index in [-0.39, 0.29) is 5.82 Å². The van der Waals surface area contributed by atoms with Crippen LogP contribution >= 0.6 is 27.7 Å². The highest BCUT2D eigenvalue weighted by atomic mass is 79.9. The minimum atomic E-state index is -0.238. The number of benzene rings is 2. The van der Waals surface area contributed by atoms with Gasteiger partial charge < -0.3 is 4.98 Å². The van der Waals surface area contributed by atoms with Crippen molar-refractivity contribution in [1.29, 1.82) is 0 Å². The quantitative estimate of drug-likeness (QED) is 0.251. The number of halogens is 2. The van der Waals surface area contributed by atoms with E-state index in [1.807, 2.05) is 23.9 Å². The molecule has 28 heavy (non-hydrogen) atoms. The van der Waals surface area contributed by atoms with Gasteiger partial charge in [-0.3, -0.25) is 4.98 Å². The molecule has 0 aliphatic heterocycles. The Bertz CT molecular complexity index is 1040. The van der Waals surface area contributed by atoms with Gasteiger partial charge in [0.15, 0.2) is 0 Å². The third-order valence-electron chi connectivity index (χ3n) is 4.45. The molecule has 0 atom stereocenters. The molecule has 0 radical (unpaired) electrons. The first-order valence-corrected chi connectivity index (χ1v) is 11.0. The normalized spacial score (nSPS) is 10.9. The van der Waals surface area contributed by atoms with Crippen LogP contribution in [-0.2, 0) is 0 Å². The molecule has 2 heterocycles. The van der Waals surface area contributed by atoms with E-state index in [1.54, 1.807) is 24.5 Å².